The molecule has 0 amide bonds. The number of carbonyl (C=O) groups is 1. The van der Waals surface area contributed by atoms with Crippen molar-refractivity contribution in [1.82, 2.24) is 5.32 Å². The molecule has 1 N–H and O–H groups in total. The maximum Gasteiger partial charge on any atom is 0.116 e. The highest BCUT2D eigenvalue weighted by Crippen LogP contribution is 2.34. The first-order chi connectivity index (χ1) is 12.7. The first kappa shape index (κ1) is 22.9. The van der Waals surface area contributed by atoms with Crippen molar-refractivity contribution in [1.29, 1.82) is 0 Å². The van der Waals surface area contributed by atoms with Gasteiger partial charge in [0.15, 0.2) is 0 Å². The summed E-state index contributed by atoms with van der Waals surface area (Å²) in [5.74, 6) is 0.785. The van der Waals surface area contributed by atoms with Gasteiger partial charge in [-0.1, -0.05) is 70.2 Å². The third kappa shape index (κ3) is 9.52. The summed E-state index contributed by atoms with van der Waals surface area (Å²) in [6.45, 7) is 7.16. The predicted octanol–water partition coefficient (Wildman–Crippen LogP) is 6.43. The van der Waals surface area contributed by atoms with Crippen molar-refractivity contribution in [2.24, 2.45) is 0 Å². The molecule has 2 nitrogen and oxygen atoms in total. The van der Waals surface area contributed by atoms with Gasteiger partial charge in [-0.05, 0) is 69.0 Å². The molecule has 1 aliphatic carbocycles. The van der Waals surface area contributed by atoms with Gasteiger partial charge in [-0.15, -0.1) is 0 Å². The molecule has 1 fully saturated rings. The van der Waals surface area contributed by atoms with E-state index in [0.29, 0.717) is 0 Å². The standard InChI is InChI=1S/C22H37N.C2H4O/c1-3-5-6-7-8-9-10-19-11-13-20(14-12-19)21-15-16-22(18-21)23-17-4-2;1-2-3/h11-14,21-23H,3-10,15-18H2,1-2H3;2H,1H3. The monoisotopic (exact) mass is 359 g/mol. The van der Waals surface area contributed by atoms with Crippen molar-refractivity contribution in [2.45, 2.75) is 103 Å². The van der Waals surface area contributed by atoms with E-state index in [1.165, 1.54) is 89.7 Å². The van der Waals surface area contributed by atoms with Gasteiger partial charge < -0.3 is 10.1 Å². The minimum Gasteiger partial charge on any atom is -0.314 e. The van der Waals surface area contributed by atoms with Crippen molar-refractivity contribution in [2.75, 3.05) is 6.54 Å². The number of aryl methyl sites for hydroxylation is 1. The molecule has 1 saturated carbocycles. The first-order valence-electron chi connectivity index (χ1n) is 11.0. The van der Waals surface area contributed by atoms with Gasteiger partial charge in [0, 0.05) is 6.04 Å². The van der Waals surface area contributed by atoms with E-state index in [2.05, 4.69) is 43.4 Å². The molecule has 0 bridgehead atoms. The average Bonchev–Trinajstić information content (AvgIpc) is 3.13. The van der Waals surface area contributed by atoms with Gasteiger partial charge in [0.05, 0.1) is 0 Å². The lowest BCUT2D eigenvalue weighted by molar-refractivity contribution is -0.106. The van der Waals surface area contributed by atoms with E-state index < -0.39 is 0 Å². The summed E-state index contributed by atoms with van der Waals surface area (Å²) in [4.78, 5) is 8.81. The summed E-state index contributed by atoms with van der Waals surface area (Å²) >= 11 is 0. The highest BCUT2D eigenvalue weighted by atomic mass is 16.1. The molecular weight excluding hydrogens is 318 g/mol. The molecule has 0 spiro atoms. The van der Waals surface area contributed by atoms with Crippen LogP contribution in [0, 0.1) is 0 Å². The Hall–Kier alpha value is -1.15. The minimum absolute atomic E-state index is 0.750. The topological polar surface area (TPSA) is 29.1 Å². The first-order valence-corrected chi connectivity index (χ1v) is 11.0. The summed E-state index contributed by atoms with van der Waals surface area (Å²) in [6.07, 6.45) is 15.6. The molecule has 148 valence electrons. The quantitative estimate of drug-likeness (QED) is 0.364. The zero-order valence-electron chi connectivity index (χ0n) is 17.4. The molecule has 0 saturated heterocycles. The molecule has 1 aliphatic rings. The second-order valence-electron chi connectivity index (χ2n) is 7.66. The van der Waals surface area contributed by atoms with Gasteiger partial charge >= 0.3 is 0 Å². The van der Waals surface area contributed by atoms with Crippen LogP contribution in [0.25, 0.3) is 0 Å². The second kappa shape index (κ2) is 15.0. The van der Waals surface area contributed by atoms with E-state index in [4.69, 9.17) is 4.79 Å². The van der Waals surface area contributed by atoms with Gasteiger partial charge in [0.2, 0.25) is 0 Å². The van der Waals surface area contributed by atoms with E-state index in [-0.39, 0.29) is 0 Å². The second-order valence-corrected chi connectivity index (χ2v) is 7.66. The Balaban J connectivity index is 0.00000105. The molecule has 2 heteroatoms. The number of hydrogen-bond acceptors (Lipinski definition) is 2. The third-order valence-corrected chi connectivity index (χ3v) is 5.39. The Kier molecular flexibility index (Phi) is 13.2. The molecule has 1 aromatic rings. The minimum atomic E-state index is 0.750. The Bertz CT molecular complexity index is 454. The summed E-state index contributed by atoms with van der Waals surface area (Å²) in [6, 6.07) is 10.3. The molecule has 0 radical (unpaired) electrons. The Morgan fingerprint density at radius 1 is 0.962 bits per heavy atom. The Labute approximate surface area is 162 Å². The van der Waals surface area contributed by atoms with E-state index in [0.717, 1.165) is 18.2 Å². The van der Waals surface area contributed by atoms with E-state index in [9.17, 15) is 0 Å². The molecule has 0 heterocycles. The van der Waals surface area contributed by atoms with Gasteiger partial charge in [-0.25, -0.2) is 0 Å². The van der Waals surface area contributed by atoms with Crippen LogP contribution in [0.4, 0.5) is 0 Å². The number of aldehydes is 1. The number of hydrogen-bond donors (Lipinski definition) is 1. The van der Waals surface area contributed by atoms with Crippen LogP contribution in [0.3, 0.4) is 0 Å². The summed E-state index contributed by atoms with van der Waals surface area (Å²) in [7, 11) is 0. The van der Waals surface area contributed by atoms with Gasteiger partial charge in [0.1, 0.15) is 6.29 Å². The smallest absolute Gasteiger partial charge is 0.116 e. The van der Waals surface area contributed by atoms with Crippen molar-refractivity contribution in [3.05, 3.63) is 35.4 Å². The lowest BCUT2D eigenvalue weighted by Crippen LogP contribution is -2.26. The maximum atomic E-state index is 8.81. The van der Waals surface area contributed by atoms with Crippen molar-refractivity contribution < 1.29 is 4.79 Å². The van der Waals surface area contributed by atoms with Crippen LogP contribution >= 0.6 is 0 Å². The zero-order chi connectivity index (χ0) is 19.0. The number of unbranched alkanes of at least 4 members (excludes halogenated alkanes) is 5. The van der Waals surface area contributed by atoms with Crippen molar-refractivity contribution >= 4 is 6.29 Å². The number of benzene rings is 1. The van der Waals surface area contributed by atoms with Crippen molar-refractivity contribution in [3.8, 4) is 0 Å². The molecular formula is C24H41NO. The van der Waals surface area contributed by atoms with Gasteiger partial charge in [0.25, 0.3) is 0 Å². The molecule has 0 aromatic heterocycles. The maximum absolute atomic E-state index is 8.81. The summed E-state index contributed by atoms with van der Waals surface area (Å²) < 4.78 is 0. The highest BCUT2D eigenvalue weighted by molar-refractivity contribution is 5.44. The molecule has 1 aromatic carbocycles. The van der Waals surface area contributed by atoms with Crippen LogP contribution in [-0.2, 0) is 11.2 Å². The van der Waals surface area contributed by atoms with E-state index >= 15 is 0 Å². The predicted molar refractivity (Wildman–Crippen MR) is 114 cm³/mol. The Morgan fingerprint density at radius 2 is 1.62 bits per heavy atom. The summed E-state index contributed by atoms with van der Waals surface area (Å²) in [5, 5.41) is 3.69. The fourth-order valence-corrected chi connectivity index (χ4v) is 3.88. The summed E-state index contributed by atoms with van der Waals surface area (Å²) in [5.41, 5.74) is 3.10. The SMILES string of the molecule is CC=O.CCCCCCCCc1ccc(C2CCC(NCCC)C2)cc1. The van der Waals surface area contributed by atoms with Crippen LogP contribution in [-0.4, -0.2) is 18.9 Å². The average molecular weight is 360 g/mol. The fourth-order valence-electron chi connectivity index (χ4n) is 3.88. The van der Waals surface area contributed by atoms with Gasteiger partial charge in [-0.2, -0.15) is 0 Å². The van der Waals surface area contributed by atoms with Crippen LogP contribution in [0.2, 0.25) is 0 Å². The fraction of sp³-hybridized carbons (Fsp3) is 0.708. The van der Waals surface area contributed by atoms with E-state index in [1.54, 1.807) is 5.56 Å². The van der Waals surface area contributed by atoms with Crippen LogP contribution in [0.5, 0.6) is 0 Å². The van der Waals surface area contributed by atoms with Gasteiger partial charge in [-0.3, -0.25) is 0 Å². The van der Waals surface area contributed by atoms with Crippen LogP contribution < -0.4 is 5.32 Å². The van der Waals surface area contributed by atoms with Crippen LogP contribution in [0.15, 0.2) is 24.3 Å². The van der Waals surface area contributed by atoms with E-state index in [1.807, 2.05) is 0 Å². The number of rotatable bonds is 11. The third-order valence-electron chi connectivity index (χ3n) is 5.39. The molecule has 2 unspecified atom stereocenters. The molecule has 2 atom stereocenters. The number of carbonyl (C=O) groups excluding carboxylic acids is 1. The lowest BCUT2D eigenvalue weighted by Gasteiger charge is -2.13. The highest BCUT2D eigenvalue weighted by Gasteiger charge is 2.25. The van der Waals surface area contributed by atoms with Crippen molar-refractivity contribution in [3.63, 3.8) is 0 Å². The molecule has 26 heavy (non-hydrogen) atoms. The molecule has 2 rings (SSSR count). The largest absolute Gasteiger partial charge is 0.314 e. The normalized spacial score (nSPS) is 19.0. The molecule has 0 aliphatic heterocycles. The number of nitrogens with one attached hydrogen (secondary N) is 1. The lowest BCUT2D eigenvalue weighted by atomic mass is 9.95. The zero-order valence-corrected chi connectivity index (χ0v) is 17.4. The Morgan fingerprint density at radius 3 is 2.27 bits per heavy atom. The van der Waals surface area contributed by atoms with Crippen LogP contribution in [0.1, 0.15) is 102 Å².